The minimum Gasteiger partial charge on any atom is -0.491 e. The van der Waals surface area contributed by atoms with Crippen molar-refractivity contribution in [3.8, 4) is 5.75 Å². The second-order valence-electron chi connectivity index (χ2n) is 6.31. The third kappa shape index (κ3) is 3.63. The SMILES string of the molecule is CCN(CC)C(=O)N1CCOc2ccc(NC(=O)C3CC3)cc2C1. The zero-order valence-corrected chi connectivity index (χ0v) is 14.4. The molecule has 1 aromatic carbocycles. The van der Waals surface area contributed by atoms with Gasteiger partial charge in [-0.3, -0.25) is 4.79 Å². The highest BCUT2D eigenvalue weighted by Gasteiger charge is 2.30. The van der Waals surface area contributed by atoms with Gasteiger partial charge in [-0.05, 0) is 44.9 Å². The molecule has 0 radical (unpaired) electrons. The normalized spacial score (nSPS) is 16.7. The van der Waals surface area contributed by atoms with Gasteiger partial charge in [0.2, 0.25) is 5.91 Å². The van der Waals surface area contributed by atoms with Crippen LogP contribution in [-0.4, -0.2) is 48.0 Å². The molecule has 0 atom stereocenters. The first-order valence-electron chi connectivity index (χ1n) is 8.72. The number of ether oxygens (including phenoxy) is 1. The van der Waals surface area contributed by atoms with Crippen LogP contribution in [0.1, 0.15) is 32.3 Å². The molecule has 0 aromatic heterocycles. The standard InChI is InChI=1S/C18H25N3O3/c1-3-20(4-2)18(23)21-9-10-24-16-8-7-15(11-14(16)12-21)19-17(22)13-5-6-13/h7-8,11,13H,3-6,9-10,12H2,1-2H3,(H,19,22). The molecule has 1 fully saturated rings. The van der Waals surface area contributed by atoms with Crippen molar-refractivity contribution in [2.45, 2.75) is 33.2 Å². The molecule has 0 unspecified atom stereocenters. The van der Waals surface area contributed by atoms with Crippen LogP contribution in [0, 0.1) is 5.92 Å². The molecule has 1 saturated carbocycles. The number of hydrogen-bond acceptors (Lipinski definition) is 3. The van der Waals surface area contributed by atoms with E-state index in [1.54, 1.807) is 0 Å². The average molecular weight is 331 g/mol. The summed E-state index contributed by atoms with van der Waals surface area (Å²) in [5.41, 5.74) is 1.70. The van der Waals surface area contributed by atoms with Gasteiger partial charge in [0, 0.05) is 30.3 Å². The number of anilines is 1. The van der Waals surface area contributed by atoms with Crippen LogP contribution in [0.5, 0.6) is 5.75 Å². The highest BCUT2D eigenvalue weighted by Crippen LogP contribution is 2.31. The minimum absolute atomic E-state index is 0.0314. The number of urea groups is 1. The lowest BCUT2D eigenvalue weighted by Crippen LogP contribution is -2.43. The van der Waals surface area contributed by atoms with Crippen LogP contribution in [0.15, 0.2) is 18.2 Å². The van der Waals surface area contributed by atoms with Gasteiger partial charge in [0.05, 0.1) is 13.1 Å². The van der Waals surface area contributed by atoms with Crippen LogP contribution in [0.4, 0.5) is 10.5 Å². The molecule has 1 aliphatic heterocycles. The maximum absolute atomic E-state index is 12.6. The van der Waals surface area contributed by atoms with Crippen molar-refractivity contribution in [1.29, 1.82) is 0 Å². The molecule has 0 saturated heterocycles. The van der Waals surface area contributed by atoms with E-state index >= 15 is 0 Å². The monoisotopic (exact) mass is 331 g/mol. The summed E-state index contributed by atoms with van der Waals surface area (Å²) in [6.07, 6.45) is 1.96. The first-order chi connectivity index (χ1) is 11.6. The van der Waals surface area contributed by atoms with E-state index in [1.165, 1.54) is 0 Å². The van der Waals surface area contributed by atoms with Crippen molar-refractivity contribution in [2.75, 3.05) is 31.6 Å². The van der Waals surface area contributed by atoms with Gasteiger partial charge in [0.1, 0.15) is 12.4 Å². The number of carbonyl (C=O) groups is 2. The zero-order valence-electron chi connectivity index (χ0n) is 14.4. The number of nitrogens with one attached hydrogen (secondary N) is 1. The Kier molecular flexibility index (Phi) is 4.92. The highest BCUT2D eigenvalue weighted by molar-refractivity contribution is 5.94. The first-order valence-corrected chi connectivity index (χ1v) is 8.72. The summed E-state index contributed by atoms with van der Waals surface area (Å²) in [5.74, 6) is 1.04. The van der Waals surface area contributed by atoms with Gasteiger partial charge >= 0.3 is 6.03 Å². The van der Waals surface area contributed by atoms with Gasteiger partial charge in [-0.25, -0.2) is 4.79 Å². The summed E-state index contributed by atoms with van der Waals surface area (Å²) in [6.45, 7) is 6.89. The Hall–Kier alpha value is -2.24. The molecule has 0 bridgehead atoms. The highest BCUT2D eigenvalue weighted by atomic mass is 16.5. The molecule has 1 N–H and O–H groups in total. The fourth-order valence-corrected chi connectivity index (χ4v) is 2.92. The van der Waals surface area contributed by atoms with Crippen LogP contribution in [0.25, 0.3) is 0 Å². The van der Waals surface area contributed by atoms with Gasteiger partial charge in [-0.1, -0.05) is 0 Å². The van der Waals surface area contributed by atoms with Gasteiger partial charge in [0.25, 0.3) is 0 Å². The summed E-state index contributed by atoms with van der Waals surface area (Å²) in [5, 5.41) is 2.96. The Balaban J connectivity index is 1.75. The van der Waals surface area contributed by atoms with Crippen LogP contribution in [-0.2, 0) is 11.3 Å². The second-order valence-corrected chi connectivity index (χ2v) is 6.31. The van der Waals surface area contributed by atoms with E-state index in [-0.39, 0.29) is 17.9 Å². The third-order valence-electron chi connectivity index (χ3n) is 4.56. The van der Waals surface area contributed by atoms with E-state index in [4.69, 9.17) is 4.74 Å². The van der Waals surface area contributed by atoms with Crippen molar-refractivity contribution in [1.82, 2.24) is 9.80 Å². The number of benzene rings is 1. The maximum Gasteiger partial charge on any atom is 0.320 e. The molecule has 24 heavy (non-hydrogen) atoms. The number of hydrogen-bond donors (Lipinski definition) is 1. The largest absolute Gasteiger partial charge is 0.491 e. The Bertz CT molecular complexity index is 624. The average Bonchev–Trinajstić information content (AvgIpc) is 3.42. The molecule has 6 nitrogen and oxygen atoms in total. The summed E-state index contributed by atoms with van der Waals surface area (Å²) in [7, 11) is 0. The van der Waals surface area contributed by atoms with Crippen LogP contribution < -0.4 is 10.1 Å². The van der Waals surface area contributed by atoms with Crippen molar-refractivity contribution in [3.63, 3.8) is 0 Å². The molecular formula is C18H25N3O3. The van der Waals surface area contributed by atoms with E-state index in [0.717, 1.165) is 29.8 Å². The summed E-state index contributed by atoms with van der Waals surface area (Å²) in [6, 6.07) is 5.69. The Morgan fingerprint density at radius 2 is 2.04 bits per heavy atom. The molecule has 2 aliphatic rings. The topological polar surface area (TPSA) is 61.9 Å². The lowest BCUT2D eigenvalue weighted by molar-refractivity contribution is -0.117. The number of carbonyl (C=O) groups excluding carboxylic acids is 2. The number of nitrogens with zero attached hydrogens (tertiary/aromatic N) is 2. The molecular weight excluding hydrogens is 306 g/mol. The molecule has 1 heterocycles. The smallest absolute Gasteiger partial charge is 0.320 e. The third-order valence-corrected chi connectivity index (χ3v) is 4.56. The quantitative estimate of drug-likeness (QED) is 0.923. The van der Waals surface area contributed by atoms with Crippen LogP contribution >= 0.6 is 0 Å². The van der Waals surface area contributed by atoms with E-state index in [2.05, 4.69) is 5.32 Å². The van der Waals surface area contributed by atoms with Crippen LogP contribution in [0.3, 0.4) is 0 Å². The Morgan fingerprint density at radius 3 is 2.71 bits per heavy atom. The Morgan fingerprint density at radius 1 is 1.29 bits per heavy atom. The molecule has 1 aromatic rings. The molecule has 130 valence electrons. The van der Waals surface area contributed by atoms with Crippen molar-refractivity contribution >= 4 is 17.6 Å². The van der Waals surface area contributed by atoms with Gasteiger partial charge in [0.15, 0.2) is 0 Å². The second kappa shape index (κ2) is 7.11. The fraction of sp³-hybridized carbons (Fsp3) is 0.556. The number of fused-ring (bicyclic) bond motifs is 1. The molecule has 3 rings (SSSR count). The van der Waals surface area contributed by atoms with Crippen molar-refractivity contribution < 1.29 is 14.3 Å². The Labute approximate surface area is 142 Å². The number of rotatable bonds is 4. The molecule has 6 heteroatoms. The number of amides is 3. The first kappa shape index (κ1) is 16.6. The fourth-order valence-electron chi connectivity index (χ4n) is 2.92. The summed E-state index contributed by atoms with van der Waals surface area (Å²) in [4.78, 5) is 28.2. The van der Waals surface area contributed by atoms with E-state index in [9.17, 15) is 9.59 Å². The lowest BCUT2D eigenvalue weighted by Gasteiger charge is -2.27. The molecule has 0 spiro atoms. The van der Waals surface area contributed by atoms with E-state index in [1.807, 2.05) is 41.8 Å². The summed E-state index contributed by atoms with van der Waals surface area (Å²) >= 11 is 0. The van der Waals surface area contributed by atoms with E-state index in [0.29, 0.717) is 32.8 Å². The van der Waals surface area contributed by atoms with Gasteiger partial charge in [-0.15, -0.1) is 0 Å². The van der Waals surface area contributed by atoms with Crippen molar-refractivity contribution in [3.05, 3.63) is 23.8 Å². The van der Waals surface area contributed by atoms with E-state index < -0.39 is 0 Å². The minimum atomic E-state index is 0.0314. The van der Waals surface area contributed by atoms with Gasteiger partial charge in [-0.2, -0.15) is 0 Å². The molecule has 3 amide bonds. The maximum atomic E-state index is 12.6. The van der Waals surface area contributed by atoms with Crippen LogP contribution in [0.2, 0.25) is 0 Å². The predicted octanol–water partition coefficient (Wildman–Crippen LogP) is 2.69. The predicted molar refractivity (Wildman–Crippen MR) is 92.0 cm³/mol. The summed E-state index contributed by atoms with van der Waals surface area (Å²) < 4.78 is 5.77. The zero-order chi connectivity index (χ0) is 17.1. The lowest BCUT2D eigenvalue weighted by atomic mass is 10.1. The molecule has 1 aliphatic carbocycles. The van der Waals surface area contributed by atoms with Gasteiger partial charge < -0.3 is 19.9 Å². The van der Waals surface area contributed by atoms with Crippen molar-refractivity contribution in [2.24, 2.45) is 5.92 Å².